The van der Waals surface area contributed by atoms with Gasteiger partial charge in [-0.3, -0.25) is 9.48 Å². The first-order valence-electron chi connectivity index (χ1n) is 10.1. The fraction of sp³-hybridized carbons (Fsp3) is 0.381. The SMILES string of the molecule is Cc1nc(NCc2cnn(Cc3ccc(Cl)nc3)c2)nc2c1NC(=O)C(C(C)C)N2C. The summed E-state index contributed by atoms with van der Waals surface area (Å²) in [5, 5.41) is 11.1. The summed E-state index contributed by atoms with van der Waals surface area (Å²) in [6.45, 7) is 7.06. The van der Waals surface area contributed by atoms with E-state index < -0.39 is 0 Å². The van der Waals surface area contributed by atoms with Crippen LogP contribution in [0.3, 0.4) is 0 Å². The molecule has 4 heterocycles. The van der Waals surface area contributed by atoms with Crippen molar-refractivity contribution in [2.75, 3.05) is 22.6 Å². The first kappa shape index (κ1) is 21.0. The average molecular weight is 441 g/mol. The molecule has 0 saturated carbocycles. The van der Waals surface area contributed by atoms with Crippen LogP contribution < -0.4 is 15.5 Å². The van der Waals surface area contributed by atoms with Crippen molar-refractivity contribution >= 4 is 35.0 Å². The Morgan fingerprint density at radius 3 is 2.74 bits per heavy atom. The van der Waals surface area contributed by atoms with Crippen LogP contribution in [0.2, 0.25) is 5.15 Å². The molecule has 3 aromatic rings. The van der Waals surface area contributed by atoms with E-state index in [1.54, 1.807) is 12.3 Å². The Bertz CT molecular complexity index is 1100. The van der Waals surface area contributed by atoms with Crippen molar-refractivity contribution in [1.29, 1.82) is 0 Å². The highest BCUT2D eigenvalue weighted by atomic mass is 35.5. The third-order valence-electron chi connectivity index (χ3n) is 5.24. The van der Waals surface area contributed by atoms with E-state index in [9.17, 15) is 4.79 Å². The van der Waals surface area contributed by atoms with Gasteiger partial charge in [-0.1, -0.05) is 31.5 Å². The summed E-state index contributed by atoms with van der Waals surface area (Å²) in [7, 11) is 1.90. The maximum Gasteiger partial charge on any atom is 0.247 e. The van der Waals surface area contributed by atoms with Crippen LogP contribution in [-0.4, -0.2) is 43.7 Å². The van der Waals surface area contributed by atoms with Crippen molar-refractivity contribution in [2.24, 2.45) is 5.92 Å². The number of hydrogen-bond acceptors (Lipinski definition) is 7. The van der Waals surface area contributed by atoms with E-state index in [4.69, 9.17) is 11.6 Å². The lowest BCUT2D eigenvalue weighted by Gasteiger charge is -2.36. The molecule has 1 atom stereocenters. The zero-order valence-corrected chi connectivity index (χ0v) is 18.7. The van der Waals surface area contributed by atoms with Gasteiger partial charge in [0.25, 0.3) is 0 Å². The van der Waals surface area contributed by atoms with Gasteiger partial charge in [-0.15, -0.1) is 0 Å². The van der Waals surface area contributed by atoms with Crippen LogP contribution >= 0.6 is 11.6 Å². The molecule has 0 aromatic carbocycles. The van der Waals surface area contributed by atoms with Gasteiger partial charge in [0.1, 0.15) is 16.9 Å². The van der Waals surface area contributed by atoms with Gasteiger partial charge in [0, 0.05) is 31.5 Å². The lowest BCUT2D eigenvalue weighted by atomic mass is 9.99. The molecule has 0 radical (unpaired) electrons. The second-order valence-corrected chi connectivity index (χ2v) is 8.40. The quantitative estimate of drug-likeness (QED) is 0.568. The molecular weight excluding hydrogens is 416 g/mol. The summed E-state index contributed by atoms with van der Waals surface area (Å²) in [6, 6.07) is 3.43. The fourth-order valence-corrected chi connectivity index (χ4v) is 3.86. The number of aryl methyl sites for hydroxylation is 1. The molecule has 0 fully saturated rings. The molecule has 1 unspecified atom stereocenters. The number of carbonyl (C=O) groups is 1. The van der Waals surface area contributed by atoms with Gasteiger partial charge in [-0.25, -0.2) is 9.97 Å². The van der Waals surface area contributed by atoms with Gasteiger partial charge in [-0.2, -0.15) is 10.1 Å². The number of anilines is 3. The summed E-state index contributed by atoms with van der Waals surface area (Å²) in [4.78, 5) is 27.7. The molecule has 9 nitrogen and oxygen atoms in total. The molecule has 1 aliphatic heterocycles. The van der Waals surface area contributed by atoms with Crippen molar-refractivity contribution < 1.29 is 4.79 Å². The highest BCUT2D eigenvalue weighted by Crippen LogP contribution is 2.34. The molecule has 0 saturated heterocycles. The van der Waals surface area contributed by atoms with Crippen LogP contribution in [-0.2, 0) is 17.9 Å². The van der Waals surface area contributed by atoms with Gasteiger partial charge >= 0.3 is 0 Å². The van der Waals surface area contributed by atoms with Crippen molar-refractivity contribution in [1.82, 2.24) is 24.7 Å². The van der Waals surface area contributed by atoms with Gasteiger partial charge in [0.05, 0.1) is 18.4 Å². The highest BCUT2D eigenvalue weighted by molar-refractivity contribution is 6.29. The molecule has 2 N–H and O–H groups in total. The number of nitrogens with one attached hydrogen (secondary N) is 2. The van der Waals surface area contributed by atoms with E-state index in [1.807, 2.05) is 55.9 Å². The summed E-state index contributed by atoms with van der Waals surface area (Å²) < 4.78 is 1.84. The standard InChI is InChI=1S/C21H25ClN8O/c1-12(2)18-20(31)27-17-13(3)26-21(28-19(17)29(18)4)24-8-15-9-25-30(11-15)10-14-5-6-16(22)23-7-14/h5-7,9,11-12,18H,8,10H2,1-4H3,(H,27,31)(H,24,26,28). The van der Waals surface area contributed by atoms with Crippen LogP contribution in [0.25, 0.3) is 0 Å². The van der Waals surface area contributed by atoms with E-state index in [2.05, 4.69) is 30.7 Å². The maximum absolute atomic E-state index is 12.5. The third kappa shape index (κ3) is 4.46. The number of pyridine rings is 1. The molecular formula is C21H25ClN8O. The van der Waals surface area contributed by atoms with Gasteiger partial charge in [-0.05, 0) is 24.5 Å². The minimum Gasteiger partial charge on any atom is -0.350 e. The average Bonchev–Trinajstić information content (AvgIpc) is 3.16. The van der Waals surface area contributed by atoms with Gasteiger partial charge in [0.2, 0.25) is 11.9 Å². The lowest BCUT2D eigenvalue weighted by Crippen LogP contribution is -2.49. The minimum absolute atomic E-state index is 0.0271. The molecule has 31 heavy (non-hydrogen) atoms. The molecule has 162 valence electrons. The van der Waals surface area contributed by atoms with E-state index in [0.29, 0.717) is 29.9 Å². The second kappa shape index (κ2) is 8.50. The van der Waals surface area contributed by atoms with Crippen LogP contribution in [0.1, 0.15) is 30.7 Å². The van der Waals surface area contributed by atoms with E-state index >= 15 is 0 Å². The van der Waals surface area contributed by atoms with Crippen LogP contribution in [0.5, 0.6) is 0 Å². The number of aromatic nitrogens is 5. The number of carbonyl (C=O) groups excluding carboxylic acids is 1. The molecule has 1 amide bonds. The number of hydrogen-bond donors (Lipinski definition) is 2. The van der Waals surface area contributed by atoms with Crippen molar-refractivity contribution in [3.63, 3.8) is 0 Å². The van der Waals surface area contributed by atoms with E-state index in [1.165, 1.54) is 0 Å². The first-order chi connectivity index (χ1) is 14.8. The number of rotatable bonds is 6. The Morgan fingerprint density at radius 1 is 1.23 bits per heavy atom. The summed E-state index contributed by atoms with van der Waals surface area (Å²) >= 11 is 5.84. The van der Waals surface area contributed by atoms with Crippen molar-refractivity contribution in [2.45, 2.75) is 39.9 Å². The number of halogens is 1. The van der Waals surface area contributed by atoms with E-state index in [0.717, 1.165) is 22.6 Å². The molecule has 4 rings (SSSR count). The fourth-order valence-electron chi connectivity index (χ4n) is 3.75. The molecule has 10 heteroatoms. The largest absolute Gasteiger partial charge is 0.350 e. The zero-order valence-electron chi connectivity index (χ0n) is 17.9. The van der Waals surface area contributed by atoms with Crippen molar-refractivity contribution in [3.05, 3.63) is 52.7 Å². The monoisotopic (exact) mass is 440 g/mol. The Balaban J connectivity index is 1.46. The smallest absolute Gasteiger partial charge is 0.247 e. The predicted molar refractivity (Wildman–Crippen MR) is 120 cm³/mol. The highest BCUT2D eigenvalue weighted by Gasteiger charge is 2.35. The Labute approximate surface area is 185 Å². The Kier molecular flexibility index (Phi) is 5.77. The number of amides is 1. The normalized spacial score (nSPS) is 15.7. The number of fused-ring (bicyclic) bond motifs is 1. The molecule has 3 aromatic heterocycles. The molecule has 1 aliphatic rings. The summed E-state index contributed by atoms with van der Waals surface area (Å²) in [6.07, 6.45) is 5.52. The molecule has 0 bridgehead atoms. The second-order valence-electron chi connectivity index (χ2n) is 8.01. The van der Waals surface area contributed by atoms with Crippen LogP contribution in [0.15, 0.2) is 30.7 Å². The molecule has 0 spiro atoms. The number of nitrogens with zero attached hydrogens (tertiary/aromatic N) is 6. The minimum atomic E-state index is -0.268. The van der Waals surface area contributed by atoms with Crippen LogP contribution in [0.4, 0.5) is 17.5 Å². The Hall–Kier alpha value is -3.20. The Morgan fingerprint density at radius 2 is 2.03 bits per heavy atom. The van der Waals surface area contributed by atoms with Gasteiger partial charge in [0.15, 0.2) is 5.82 Å². The van der Waals surface area contributed by atoms with Crippen LogP contribution in [0, 0.1) is 12.8 Å². The van der Waals surface area contributed by atoms with E-state index in [-0.39, 0.29) is 17.9 Å². The third-order valence-corrected chi connectivity index (χ3v) is 5.46. The number of likely N-dealkylation sites (N-methyl/N-ethyl adjacent to an activating group) is 1. The summed E-state index contributed by atoms with van der Waals surface area (Å²) in [5.74, 6) is 1.36. The topological polar surface area (TPSA) is 101 Å². The predicted octanol–water partition coefficient (Wildman–Crippen LogP) is 3.10. The maximum atomic E-state index is 12.5. The lowest BCUT2D eigenvalue weighted by molar-refractivity contribution is -0.118. The zero-order chi connectivity index (χ0) is 22.1. The summed E-state index contributed by atoms with van der Waals surface area (Å²) in [5.41, 5.74) is 3.41. The first-order valence-corrected chi connectivity index (χ1v) is 10.5. The molecule has 0 aliphatic carbocycles. The van der Waals surface area contributed by atoms with Crippen molar-refractivity contribution in [3.8, 4) is 0 Å². The van der Waals surface area contributed by atoms with Gasteiger partial charge < -0.3 is 15.5 Å².